The van der Waals surface area contributed by atoms with E-state index in [2.05, 4.69) is 0 Å². The number of hydrogen-bond acceptors (Lipinski definition) is 5. The van der Waals surface area contributed by atoms with Crippen molar-refractivity contribution in [2.75, 3.05) is 14.2 Å². The molecule has 1 aromatic rings. The third kappa shape index (κ3) is 3.71. The zero-order valence-electron chi connectivity index (χ0n) is 15.4. The van der Waals surface area contributed by atoms with Gasteiger partial charge in [-0.05, 0) is 19.4 Å². The molecule has 1 saturated heterocycles. The number of rotatable bonds is 4. The van der Waals surface area contributed by atoms with Crippen molar-refractivity contribution in [1.82, 2.24) is 0 Å². The second-order valence-electron chi connectivity index (χ2n) is 6.49. The third-order valence-corrected chi connectivity index (χ3v) is 4.62. The third-order valence-electron chi connectivity index (χ3n) is 4.62. The summed E-state index contributed by atoms with van der Waals surface area (Å²) in [6.07, 6.45) is -8.00. The van der Waals surface area contributed by atoms with Gasteiger partial charge in [0, 0.05) is 6.42 Å². The van der Waals surface area contributed by atoms with Crippen LogP contribution in [0, 0.1) is 5.41 Å². The highest BCUT2D eigenvalue weighted by Crippen LogP contribution is 2.53. The van der Waals surface area contributed by atoms with Crippen molar-refractivity contribution in [2.45, 2.75) is 38.7 Å². The summed E-state index contributed by atoms with van der Waals surface area (Å²) in [5.41, 5.74) is -2.59. The van der Waals surface area contributed by atoms with E-state index in [1.807, 2.05) is 0 Å². The second kappa shape index (κ2) is 7.72. The Balaban J connectivity index is 2.66. The number of halogens is 3. The Kier molecular flexibility index (Phi) is 5.99. The van der Waals surface area contributed by atoms with Crippen molar-refractivity contribution in [1.29, 1.82) is 0 Å². The van der Waals surface area contributed by atoms with Crippen LogP contribution >= 0.6 is 0 Å². The van der Waals surface area contributed by atoms with E-state index in [1.165, 1.54) is 13.8 Å². The van der Waals surface area contributed by atoms with Gasteiger partial charge in [-0.2, -0.15) is 13.2 Å². The highest BCUT2D eigenvalue weighted by atomic mass is 19.4. The summed E-state index contributed by atoms with van der Waals surface area (Å²) in [6, 6.07) is 8.12. The largest absolute Gasteiger partial charge is 0.468 e. The molecule has 1 aliphatic heterocycles. The molecule has 1 fully saturated rings. The zero-order chi connectivity index (χ0) is 20.4. The molecule has 27 heavy (non-hydrogen) atoms. The average Bonchev–Trinajstić information content (AvgIpc) is 3.00. The molecule has 0 unspecified atom stereocenters. The standard InChI is InChI=1S/C19H21F3O5/c1-11(2)14(19(20,21)22)13-10-18(16(23)25-3,17(24)26-4)15(27-13)12-8-6-5-7-9-12/h5-9,13,15H,10H2,1-4H3/t13-,15-/m0/s1. The molecule has 2 rings (SSSR count). The minimum absolute atomic E-state index is 0.00940. The molecule has 148 valence electrons. The molecule has 1 aliphatic rings. The van der Waals surface area contributed by atoms with Crippen molar-refractivity contribution < 1.29 is 37.0 Å². The van der Waals surface area contributed by atoms with Gasteiger partial charge in [0.25, 0.3) is 0 Å². The van der Waals surface area contributed by atoms with Crippen molar-refractivity contribution in [3.05, 3.63) is 47.0 Å². The Hall–Kier alpha value is -2.35. The van der Waals surface area contributed by atoms with Crippen LogP contribution in [0.25, 0.3) is 0 Å². The summed E-state index contributed by atoms with van der Waals surface area (Å²) in [5.74, 6) is -2.00. The van der Waals surface area contributed by atoms with Gasteiger partial charge in [-0.25, -0.2) is 0 Å². The monoisotopic (exact) mass is 386 g/mol. The number of allylic oxidation sites excluding steroid dienone is 1. The quantitative estimate of drug-likeness (QED) is 0.448. The SMILES string of the molecule is COC(=O)C1(C(=O)OC)C[C@@H](C(=C(C)C)C(F)(F)F)O[C@H]1c1ccccc1. The van der Waals surface area contributed by atoms with Gasteiger partial charge in [0.2, 0.25) is 0 Å². The fourth-order valence-corrected chi connectivity index (χ4v) is 3.51. The summed E-state index contributed by atoms with van der Waals surface area (Å²) < 4.78 is 56.0. The summed E-state index contributed by atoms with van der Waals surface area (Å²) >= 11 is 0. The van der Waals surface area contributed by atoms with E-state index in [0.29, 0.717) is 5.56 Å². The molecule has 0 spiro atoms. The fraction of sp³-hybridized carbons (Fsp3) is 0.474. The van der Waals surface area contributed by atoms with E-state index < -0.39 is 47.7 Å². The maximum atomic E-state index is 13.6. The number of hydrogen-bond donors (Lipinski definition) is 0. The highest BCUT2D eigenvalue weighted by molar-refractivity contribution is 6.01. The maximum Gasteiger partial charge on any atom is 0.415 e. The Morgan fingerprint density at radius 2 is 1.59 bits per heavy atom. The van der Waals surface area contributed by atoms with Crippen molar-refractivity contribution in [3.63, 3.8) is 0 Å². The molecule has 8 heteroatoms. The van der Waals surface area contributed by atoms with Crippen LogP contribution in [0.3, 0.4) is 0 Å². The van der Waals surface area contributed by atoms with Crippen LogP contribution in [0.15, 0.2) is 41.5 Å². The number of carbonyl (C=O) groups excluding carboxylic acids is 2. The van der Waals surface area contributed by atoms with Gasteiger partial charge in [0.1, 0.15) is 6.10 Å². The lowest BCUT2D eigenvalue weighted by molar-refractivity contribution is -0.173. The summed E-state index contributed by atoms with van der Waals surface area (Å²) in [6.45, 7) is 2.61. The number of esters is 2. The molecular weight excluding hydrogens is 365 g/mol. The molecule has 0 aromatic heterocycles. The molecule has 5 nitrogen and oxygen atoms in total. The molecule has 1 aromatic carbocycles. The predicted octanol–water partition coefficient (Wildman–Crippen LogP) is 3.75. The van der Waals surface area contributed by atoms with Gasteiger partial charge in [-0.1, -0.05) is 35.9 Å². The fourth-order valence-electron chi connectivity index (χ4n) is 3.51. The average molecular weight is 386 g/mol. The van der Waals surface area contributed by atoms with E-state index in [4.69, 9.17) is 14.2 Å². The molecule has 0 bridgehead atoms. The lowest BCUT2D eigenvalue weighted by Crippen LogP contribution is -2.44. The second-order valence-corrected chi connectivity index (χ2v) is 6.49. The zero-order valence-corrected chi connectivity index (χ0v) is 15.4. The van der Waals surface area contributed by atoms with E-state index in [9.17, 15) is 22.8 Å². The summed E-state index contributed by atoms with van der Waals surface area (Å²) in [4.78, 5) is 25.2. The van der Waals surface area contributed by atoms with Gasteiger partial charge in [0.05, 0.1) is 25.9 Å². The number of ether oxygens (including phenoxy) is 3. The van der Waals surface area contributed by atoms with Gasteiger partial charge < -0.3 is 14.2 Å². The van der Waals surface area contributed by atoms with Gasteiger partial charge in [-0.3, -0.25) is 9.59 Å². The first-order chi connectivity index (χ1) is 12.6. The topological polar surface area (TPSA) is 61.8 Å². The molecule has 0 amide bonds. The van der Waals surface area contributed by atoms with Gasteiger partial charge >= 0.3 is 18.1 Å². The van der Waals surface area contributed by atoms with Gasteiger partial charge in [-0.15, -0.1) is 0 Å². The van der Waals surface area contributed by atoms with Crippen LogP contribution < -0.4 is 0 Å². The number of benzene rings is 1. The molecule has 2 atom stereocenters. The molecule has 0 N–H and O–H groups in total. The van der Waals surface area contributed by atoms with Crippen molar-refractivity contribution >= 4 is 11.9 Å². The molecular formula is C19H21F3O5. The highest BCUT2D eigenvalue weighted by Gasteiger charge is 2.64. The molecule has 0 radical (unpaired) electrons. The Labute approximate surface area is 155 Å². The van der Waals surface area contributed by atoms with E-state index in [1.54, 1.807) is 30.3 Å². The van der Waals surface area contributed by atoms with E-state index in [0.717, 1.165) is 14.2 Å². The Bertz CT molecular complexity index is 719. The lowest BCUT2D eigenvalue weighted by Gasteiger charge is -2.28. The Morgan fingerprint density at radius 3 is 2.00 bits per heavy atom. The number of methoxy groups -OCH3 is 2. The minimum Gasteiger partial charge on any atom is -0.468 e. The van der Waals surface area contributed by atoms with Crippen LogP contribution in [0.5, 0.6) is 0 Å². The smallest absolute Gasteiger partial charge is 0.415 e. The number of alkyl halides is 3. The van der Waals surface area contributed by atoms with Crippen LogP contribution in [-0.2, 0) is 23.8 Å². The van der Waals surface area contributed by atoms with Crippen LogP contribution in [0.1, 0.15) is 31.9 Å². The first-order valence-electron chi connectivity index (χ1n) is 8.21. The first-order valence-corrected chi connectivity index (χ1v) is 8.21. The van der Waals surface area contributed by atoms with E-state index in [-0.39, 0.29) is 5.57 Å². The summed E-state index contributed by atoms with van der Waals surface area (Å²) in [7, 11) is 2.13. The number of carbonyl (C=O) groups is 2. The minimum atomic E-state index is -4.67. The molecule has 1 heterocycles. The molecule has 0 saturated carbocycles. The normalized spacial score (nSPS) is 21.4. The van der Waals surface area contributed by atoms with Crippen LogP contribution in [-0.4, -0.2) is 38.4 Å². The van der Waals surface area contributed by atoms with E-state index >= 15 is 0 Å². The lowest BCUT2D eigenvalue weighted by atomic mass is 9.76. The van der Waals surface area contributed by atoms with Crippen molar-refractivity contribution in [3.8, 4) is 0 Å². The maximum absolute atomic E-state index is 13.6. The van der Waals surface area contributed by atoms with Crippen LogP contribution in [0.2, 0.25) is 0 Å². The first kappa shape index (κ1) is 21.0. The Morgan fingerprint density at radius 1 is 1.07 bits per heavy atom. The molecule has 0 aliphatic carbocycles. The van der Waals surface area contributed by atoms with Crippen LogP contribution in [0.4, 0.5) is 13.2 Å². The van der Waals surface area contributed by atoms with Gasteiger partial charge in [0.15, 0.2) is 5.41 Å². The van der Waals surface area contributed by atoms with Crippen molar-refractivity contribution in [2.24, 2.45) is 5.41 Å². The predicted molar refractivity (Wildman–Crippen MR) is 89.6 cm³/mol. The summed E-state index contributed by atoms with van der Waals surface area (Å²) in [5, 5.41) is 0.